The molecule has 6 heteroatoms. The third kappa shape index (κ3) is 4.07. The number of hydrogen-bond donors (Lipinski definition) is 0. The van der Waals surface area contributed by atoms with Gasteiger partial charge in [-0.3, -0.25) is 4.79 Å². The van der Waals surface area contributed by atoms with Crippen molar-refractivity contribution < 1.29 is 27.4 Å². The number of aldehydes is 1. The molecule has 2 aromatic rings. The summed E-state index contributed by atoms with van der Waals surface area (Å²) in [5.74, 6) is 0.0483. The van der Waals surface area contributed by atoms with Crippen LogP contribution in [-0.4, -0.2) is 19.3 Å². The van der Waals surface area contributed by atoms with Crippen LogP contribution in [-0.2, 0) is 0 Å². The third-order valence-electron chi connectivity index (χ3n) is 3.74. The molecule has 1 aliphatic carbocycles. The van der Waals surface area contributed by atoms with Crippen molar-refractivity contribution in [1.82, 2.24) is 0 Å². The van der Waals surface area contributed by atoms with E-state index in [-0.39, 0.29) is 5.75 Å². The number of rotatable bonds is 6. The Labute approximate surface area is 137 Å². The second-order valence-corrected chi connectivity index (χ2v) is 5.67. The number of ether oxygens (including phenoxy) is 2. The van der Waals surface area contributed by atoms with Gasteiger partial charge in [0.05, 0.1) is 6.61 Å². The zero-order valence-electron chi connectivity index (χ0n) is 12.7. The Hall–Kier alpha value is -2.50. The minimum absolute atomic E-state index is 0.0477. The van der Waals surface area contributed by atoms with Crippen LogP contribution in [0.3, 0.4) is 0 Å². The second kappa shape index (κ2) is 6.55. The molecule has 0 amide bonds. The first-order valence-corrected chi connectivity index (χ1v) is 7.53. The smallest absolute Gasteiger partial charge is 0.489 e. The SMILES string of the molecule is O=Cc1ccccc1-c1ccc(OCC2CC2)c(OC(F)(F)F)c1. The zero-order chi connectivity index (χ0) is 17.2. The first-order valence-electron chi connectivity index (χ1n) is 7.53. The molecular weight excluding hydrogens is 321 g/mol. The molecule has 0 radical (unpaired) electrons. The van der Waals surface area contributed by atoms with Crippen LogP contribution in [0.4, 0.5) is 13.2 Å². The quantitative estimate of drug-likeness (QED) is 0.707. The van der Waals surface area contributed by atoms with Crippen molar-refractivity contribution in [2.45, 2.75) is 19.2 Å². The second-order valence-electron chi connectivity index (χ2n) is 5.67. The molecule has 1 fully saturated rings. The Bertz CT molecular complexity index is 737. The summed E-state index contributed by atoms with van der Waals surface area (Å²) in [5.41, 5.74) is 1.38. The molecule has 0 aliphatic heterocycles. The lowest BCUT2D eigenvalue weighted by atomic mass is 10.00. The van der Waals surface area contributed by atoms with Crippen molar-refractivity contribution in [1.29, 1.82) is 0 Å². The Morgan fingerprint density at radius 2 is 1.83 bits per heavy atom. The normalized spacial score (nSPS) is 14.3. The van der Waals surface area contributed by atoms with Gasteiger partial charge in [0.2, 0.25) is 0 Å². The first-order chi connectivity index (χ1) is 11.5. The highest BCUT2D eigenvalue weighted by molar-refractivity contribution is 5.87. The summed E-state index contributed by atoms with van der Waals surface area (Å²) >= 11 is 0. The Kier molecular flexibility index (Phi) is 4.46. The van der Waals surface area contributed by atoms with Gasteiger partial charge in [-0.05, 0) is 42.0 Å². The minimum Gasteiger partial charge on any atom is -0.489 e. The summed E-state index contributed by atoms with van der Waals surface area (Å²) in [7, 11) is 0. The Morgan fingerprint density at radius 1 is 1.08 bits per heavy atom. The zero-order valence-corrected chi connectivity index (χ0v) is 12.7. The van der Waals surface area contributed by atoms with E-state index in [4.69, 9.17) is 4.74 Å². The summed E-state index contributed by atoms with van der Waals surface area (Å²) in [4.78, 5) is 11.1. The fraction of sp³-hybridized carbons (Fsp3) is 0.278. The number of benzene rings is 2. The number of hydrogen-bond acceptors (Lipinski definition) is 3. The van der Waals surface area contributed by atoms with Crippen LogP contribution in [0.1, 0.15) is 23.2 Å². The average Bonchev–Trinajstić information content (AvgIpc) is 3.36. The fourth-order valence-corrected chi connectivity index (χ4v) is 2.35. The lowest BCUT2D eigenvalue weighted by molar-refractivity contribution is -0.275. The van der Waals surface area contributed by atoms with E-state index in [1.165, 1.54) is 12.1 Å². The van der Waals surface area contributed by atoms with Gasteiger partial charge in [-0.15, -0.1) is 13.2 Å². The van der Waals surface area contributed by atoms with Gasteiger partial charge < -0.3 is 9.47 Å². The predicted molar refractivity (Wildman–Crippen MR) is 82.2 cm³/mol. The third-order valence-corrected chi connectivity index (χ3v) is 3.74. The molecule has 3 nitrogen and oxygen atoms in total. The van der Waals surface area contributed by atoms with Gasteiger partial charge >= 0.3 is 6.36 Å². The molecule has 126 valence electrons. The summed E-state index contributed by atoms with van der Waals surface area (Å²) in [6.07, 6.45) is -2.10. The Morgan fingerprint density at radius 3 is 2.50 bits per heavy atom. The van der Waals surface area contributed by atoms with E-state index in [0.717, 1.165) is 12.8 Å². The number of carbonyl (C=O) groups is 1. The molecule has 0 spiro atoms. The summed E-state index contributed by atoms with van der Waals surface area (Å²) in [5, 5.41) is 0. The maximum atomic E-state index is 12.7. The largest absolute Gasteiger partial charge is 0.573 e. The van der Waals surface area contributed by atoms with Gasteiger partial charge in [0.25, 0.3) is 0 Å². The van der Waals surface area contributed by atoms with Gasteiger partial charge in [0.1, 0.15) is 0 Å². The fourth-order valence-electron chi connectivity index (χ4n) is 2.35. The van der Waals surface area contributed by atoms with E-state index < -0.39 is 12.1 Å². The van der Waals surface area contributed by atoms with Gasteiger partial charge in [0.15, 0.2) is 17.8 Å². The van der Waals surface area contributed by atoms with Crippen LogP contribution < -0.4 is 9.47 Å². The van der Waals surface area contributed by atoms with Crippen LogP contribution in [0, 0.1) is 5.92 Å². The number of alkyl halides is 3. The lowest BCUT2D eigenvalue weighted by Gasteiger charge is -2.16. The highest BCUT2D eigenvalue weighted by Crippen LogP contribution is 2.38. The molecule has 1 aliphatic rings. The molecule has 0 N–H and O–H groups in total. The lowest BCUT2D eigenvalue weighted by Crippen LogP contribution is -2.18. The summed E-state index contributed by atoms with van der Waals surface area (Å²) in [6.45, 7) is 0.374. The predicted octanol–water partition coefficient (Wildman–Crippen LogP) is 4.85. The average molecular weight is 336 g/mol. The number of carbonyl (C=O) groups excluding carboxylic acids is 1. The van der Waals surface area contributed by atoms with Crippen molar-refractivity contribution in [2.75, 3.05) is 6.61 Å². The van der Waals surface area contributed by atoms with Crippen LogP contribution in [0.15, 0.2) is 42.5 Å². The molecule has 0 unspecified atom stereocenters. The highest BCUT2D eigenvalue weighted by atomic mass is 19.4. The van der Waals surface area contributed by atoms with E-state index >= 15 is 0 Å². The standard InChI is InChI=1S/C18H15F3O3/c19-18(20,21)24-17-9-13(15-4-2-1-3-14(15)10-22)7-8-16(17)23-11-12-5-6-12/h1-4,7-10,12H,5-6,11H2. The van der Waals surface area contributed by atoms with Gasteiger partial charge in [-0.25, -0.2) is 0 Å². The molecule has 0 atom stereocenters. The van der Waals surface area contributed by atoms with Gasteiger partial charge in [-0.1, -0.05) is 30.3 Å². The van der Waals surface area contributed by atoms with E-state index in [2.05, 4.69) is 4.74 Å². The highest BCUT2D eigenvalue weighted by Gasteiger charge is 2.33. The van der Waals surface area contributed by atoms with Crippen molar-refractivity contribution >= 4 is 6.29 Å². The van der Waals surface area contributed by atoms with E-state index in [1.54, 1.807) is 30.3 Å². The van der Waals surface area contributed by atoms with Crippen LogP contribution in [0.25, 0.3) is 11.1 Å². The van der Waals surface area contributed by atoms with Gasteiger partial charge in [-0.2, -0.15) is 0 Å². The van der Waals surface area contributed by atoms with Crippen LogP contribution >= 0.6 is 0 Å². The molecule has 0 aromatic heterocycles. The van der Waals surface area contributed by atoms with E-state index in [0.29, 0.717) is 35.5 Å². The van der Waals surface area contributed by atoms with Gasteiger partial charge in [0, 0.05) is 5.56 Å². The van der Waals surface area contributed by atoms with Crippen LogP contribution in [0.2, 0.25) is 0 Å². The summed E-state index contributed by atoms with van der Waals surface area (Å²) < 4.78 is 47.6. The molecule has 3 rings (SSSR count). The maximum Gasteiger partial charge on any atom is 0.573 e. The topological polar surface area (TPSA) is 35.5 Å². The van der Waals surface area contributed by atoms with Crippen molar-refractivity contribution in [3.8, 4) is 22.6 Å². The molecule has 1 saturated carbocycles. The number of halogens is 3. The van der Waals surface area contributed by atoms with E-state index in [9.17, 15) is 18.0 Å². The van der Waals surface area contributed by atoms with Crippen molar-refractivity contribution in [3.63, 3.8) is 0 Å². The molecule has 0 bridgehead atoms. The maximum absolute atomic E-state index is 12.7. The van der Waals surface area contributed by atoms with E-state index in [1.807, 2.05) is 0 Å². The van der Waals surface area contributed by atoms with Crippen molar-refractivity contribution in [2.24, 2.45) is 5.92 Å². The monoisotopic (exact) mass is 336 g/mol. The molecular formula is C18H15F3O3. The molecule has 24 heavy (non-hydrogen) atoms. The first kappa shape index (κ1) is 16.4. The van der Waals surface area contributed by atoms with Crippen LogP contribution in [0.5, 0.6) is 11.5 Å². The molecule has 0 heterocycles. The summed E-state index contributed by atoms with van der Waals surface area (Å²) in [6, 6.07) is 11.0. The van der Waals surface area contributed by atoms with Crippen molar-refractivity contribution in [3.05, 3.63) is 48.0 Å². The Balaban J connectivity index is 1.95. The molecule has 2 aromatic carbocycles. The molecule has 0 saturated heterocycles. The minimum atomic E-state index is -4.82.